The number of aliphatic hydroxyl groups excluding tert-OH is 1. The van der Waals surface area contributed by atoms with Crippen LogP contribution >= 0.6 is 0 Å². The Morgan fingerprint density at radius 3 is 2.53 bits per heavy atom. The topological polar surface area (TPSA) is 67.5 Å². The van der Waals surface area contributed by atoms with Crippen molar-refractivity contribution < 1.29 is 23.0 Å². The Morgan fingerprint density at radius 2 is 2.00 bits per heavy atom. The van der Waals surface area contributed by atoms with E-state index >= 15 is 0 Å². The van der Waals surface area contributed by atoms with Gasteiger partial charge in [-0.05, 0) is 13.8 Å². The number of hydrogen-bond donors (Lipinski definition) is 3. The Balaban J connectivity index is 2.82. The molecule has 1 aromatic carbocycles. The molecule has 4 N–H and O–H groups in total. The summed E-state index contributed by atoms with van der Waals surface area (Å²) in [6, 6.07) is 2.32. The summed E-state index contributed by atoms with van der Waals surface area (Å²) in [6.07, 6.45) is -4.92. The zero-order valence-electron chi connectivity index (χ0n) is 10.7. The van der Waals surface area contributed by atoms with E-state index in [0.29, 0.717) is 0 Å². The number of hydrogen-bond acceptors (Lipinski definition) is 4. The molecule has 19 heavy (non-hydrogen) atoms. The molecule has 0 aliphatic heterocycles. The van der Waals surface area contributed by atoms with Gasteiger partial charge in [0.1, 0.15) is 6.10 Å². The first-order chi connectivity index (χ1) is 8.81. The second-order valence-corrected chi connectivity index (χ2v) is 4.32. The van der Waals surface area contributed by atoms with Gasteiger partial charge < -0.3 is 20.9 Å². The lowest BCUT2D eigenvalue weighted by Gasteiger charge is -2.16. The molecule has 108 valence electrons. The number of aliphatic hydroxyl groups is 1. The van der Waals surface area contributed by atoms with Crippen LogP contribution in [0.1, 0.15) is 13.8 Å². The molecular formula is C12H17F3N2O2. The average Bonchev–Trinajstić information content (AvgIpc) is 2.30. The van der Waals surface area contributed by atoms with Gasteiger partial charge in [0, 0.05) is 18.7 Å². The molecule has 1 unspecified atom stereocenters. The lowest BCUT2D eigenvalue weighted by Crippen LogP contribution is -2.27. The van der Waals surface area contributed by atoms with Crippen LogP contribution < -0.4 is 15.8 Å². The average molecular weight is 278 g/mol. The highest BCUT2D eigenvalue weighted by Crippen LogP contribution is 2.29. The van der Waals surface area contributed by atoms with Crippen LogP contribution in [0.2, 0.25) is 0 Å². The maximum Gasteiger partial charge on any atom is 0.265 e. The fraction of sp³-hybridized carbons (Fsp3) is 0.500. The third-order valence-corrected chi connectivity index (χ3v) is 2.26. The van der Waals surface area contributed by atoms with Crippen molar-refractivity contribution in [3.8, 4) is 5.75 Å². The maximum absolute atomic E-state index is 13.5. The summed E-state index contributed by atoms with van der Waals surface area (Å²) >= 11 is 0. The summed E-state index contributed by atoms with van der Waals surface area (Å²) in [6.45, 7) is 3.06. The monoisotopic (exact) mass is 278 g/mol. The molecule has 1 rings (SSSR count). The number of anilines is 2. The van der Waals surface area contributed by atoms with E-state index in [-0.39, 0.29) is 23.2 Å². The molecule has 0 radical (unpaired) electrons. The zero-order chi connectivity index (χ0) is 14.6. The summed E-state index contributed by atoms with van der Waals surface area (Å²) in [7, 11) is 0. The van der Waals surface area contributed by atoms with Gasteiger partial charge in [0.15, 0.2) is 11.6 Å². The van der Waals surface area contributed by atoms with Crippen LogP contribution in [0, 0.1) is 5.82 Å². The summed E-state index contributed by atoms with van der Waals surface area (Å²) in [5.41, 5.74) is 5.84. The fourth-order valence-corrected chi connectivity index (χ4v) is 1.37. The van der Waals surface area contributed by atoms with Gasteiger partial charge >= 0.3 is 0 Å². The van der Waals surface area contributed by atoms with Crippen molar-refractivity contribution in [2.24, 2.45) is 0 Å². The molecule has 1 aromatic rings. The summed E-state index contributed by atoms with van der Waals surface area (Å²) < 4.78 is 43.0. The minimum atomic E-state index is -2.86. The normalized spacial score (nSPS) is 12.8. The van der Waals surface area contributed by atoms with Crippen LogP contribution in [0.3, 0.4) is 0 Å². The van der Waals surface area contributed by atoms with Gasteiger partial charge in [0.25, 0.3) is 6.43 Å². The summed E-state index contributed by atoms with van der Waals surface area (Å²) in [4.78, 5) is 0. The van der Waals surface area contributed by atoms with Crippen molar-refractivity contribution in [1.29, 1.82) is 0 Å². The molecule has 7 heteroatoms. The van der Waals surface area contributed by atoms with Crippen LogP contribution in [0.15, 0.2) is 12.1 Å². The molecule has 0 saturated heterocycles. The van der Waals surface area contributed by atoms with Crippen LogP contribution in [-0.2, 0) is 0 Å². The molecule has 0 aliphatic carbocycles. The van der Waals surface area contributed by atoms with Gasteiger partial charge in [-0.15, -0.1) is 0 Å². The second-order valence-electron chi connectivity index (χ2n) is 4.32. The minimum Gasteiger partial charge on any atom is -0.488 e. The second kappa shape index (κ2) is 6.51. The van der Waals surface area contributed by atoms with Crippen LogP contribution in [0.5, 0.6) is 5.75 Å². The van der Waals surface area contributed by atoms with Gasteiger partial charge in [-0.3, -0.25) is 0 Å². The van der Waals surface area contributed by atoms with E-state index in [2.05, 4.69) is 5.32 Å². The zero-order valence-corrected chi connectivity index (χ0v) is 10.7. The van der Waals surface area contributed by atoms with Crippen LogP contribution in [-0.4, -0.2) is 30.3 Å². The van der Waals surface area contributed by atoms with Crippen molar-refractivity contribution in [1.82, 2.24) is 0 Å². The molecular weight excluding hydrogens is 261 g/mol. The van der Waals surface area contributed by atoms with E-state index in [9.17, 15) is 13.2 Å². The van der Waals surface area contributed by atoms with Crippen molar-refractivity contribution in [3.05, 3.63) is 17.9 Å². The number of nitrogen functional groups attached to an aromatic ring is 1. The molecule has 0 heterocycles. The Labute approximate surface area is 109 Å². The predicted octanol–water partition coefficient (Wildman–Crippen LogP) is 2.23. The van der Waals surface area contributed by atoms with Gasteiger partial charge in [0.2, 0.25) is 0 Å². The Kier molecular flexibility index (Phi) is 5.29. The highest BCUT2D eigenvalue weighted by Gasteiger charge is 2.17. The van der Waals surface area contributed by atoms with Crippen molar-refractivity contribution in [2.45, 2.75) is 32.5 Å². The molecule has 0 aliphatic rings. The Bertz CT molecular complexity index is 428. The highest BCUT2D eigenvalue weighted by molar-refractivity contribution is 5.68. The number of alkyl halides is 2. The van der Waals surface area contributed by atoms with E-state index in [1.165, 1.54) is 6.07 Å². The van der Waals surface area contributed by atoms with Gasteiger partial charge in [-0.2, -0.15) is 0 Å². The number of rotatable bonds is 6. The third-order valence-electron chi connectivity index (χ3n) is 2.26. The maximum atomic E-state index is 13.5. The Hall–Kier alpha value is -1.63. The smallest absolute Gasteiger partial charge is 0.265 e. The van der Waals surface area contributed by atoms with Crippen LogP contribution in [0.25, 0.3) is 0 Å². The quantitative estimate of drug-likeness (QED) is 0.698. The molecule has 4 nitrogen and oxygen atoms in total. The minimum absolute atomic E-state index is 0.0294. The van der Waals surface area contributed by atoms with Crippen molar-refractivity contribution in [3.63, 3.8) is 0 Å². The standard InChI is InChI=1S/C12H17F3N2O2/c1-6(2)19-11-4-9(8(16)3-7(11)13)17-5-10(18)12(14)15/h3-4,6,10,12,17-18H,5,16H2,1-2H3. The lowest BCUT2D eigenvalue weighted by molar-refractivity contribution is 0.00385. The SMILES string of the molecule is CC(C)Oc1cc(NCC(O)C(F)F)c(N)cc1F. The Morgan fingerprint density at radius 1 is 1.37 bits per heavy atom. The lowest BCUT2D eigenvalue weighted by atomic mass is 10.2. The molecule has 0 amide bonds. The number of nitrogens with one attached hydrogen (secondary N) is 1. The molecule has 0 spiro atoms. The third kappa shape index (κ3) is 4.51. The van der Waals surface area contributed by atoms with Gasteiger partial charge in [-0.1, -0.05) is 0 Å². The van der Waals surface area contributed by atoms with E-state index in [4.69, 9.17) is 15.6 Å². The number of benzene rings is 1. The van der Waals surface area contributed by atoms with E-state index in [1.807, 2.05) is 0 Å². The molecule has 0 bridgehead atoms. The van der Waals surface area contributed by atoms with E-state index in [1.54, 1.807) is 13.8 Å². The van der Waals surface area contributed by atoms with Crippen LogP contribution in [0.4, 0.5) is 24.5 Å². The van der Waals surface area contributed by atoms with Crippen molar-refractivity contribution >= 4 is 11.4 Å². The first-order valence-electron chi connectivity index (χ1n) is 5.77. The molecule has 0 aromatic heterocycles. The number of halogens is 3. The van der Waals surface area contributed by atoms with Crippen molar-refractivity contribution in [2.75, 3.05) is 17.6 Å². The summed E-state index contributed by atoms with van der Waals surface area (Å²) in [5, 5.41) is 11.5. The first kappa shape index (κ1) is 15.4. The molecule has 0 fully saturated rings. The highest BCUT2D eigenvalue weighted by atomic mass is 19.3. The summed E-state index contributed by atoms with van der Waals surface area (Å²) in [5.74, 6) is -0.663. The van der Waals surface area contributed by atoms with Gasteiger partial charge in [0.05, 0.1) is 17.5 Å². The fourth-order valence-electron chi connectivity index (χ4n) is 1.37. The molecule has 0 saturated carbocycles. The van der Waals surface area contributed by atoms with Gasteiger partial charge in [-0.25, -0.2) is 13.2 Å². The number of ether oxygens (including phenoxy) is 1. The first-order valence-corrected chi connectivity index (χ1v) is 5.77. The van der Waals surface area contributed by atoms with E-state index in [0.717, 1.165) is 6.07 Å². The molecule has 1 atom stereocenters. The predicted molar refractivity (Wildman–Crippen MR) is 67.1 cm³/mol. The largest absolute Gasteiger partial charge is 0.488 e. The number of nitrogens with two attached hydrogens (primary N) is 1. The van der Waals surface area contributed by atoms with E-state index < -0.39 is 24.9 Å².